The number of halogens is 1. The zero-order chi connectivity index (χ0) is 18.9. The summed E-state index contributed by atoms with van der Waals surface area (Å²) >= 11 is 3.23. The number of hydrogen-bond acceptors (Lipinski definition) is 5. The van der Waals surface area contributed by atoms with Crippen LogP contribution in [0, 0.1) is 0 Å². The molecule has 0 aromatic heterocycles. The summed E-state index contributed by atoms with van der Waals surface area (Å²) in [6.07, 6.45) is 0. The Morgan fingerprint density at radius 1 is 0.654 bits per heavy atom. The standard InChI is InChI=1S/C18H13BrO5S2/c19-13-6-8-15(9-7-13)25(21,22)16-10-11-17(20)18(12-16)26(23,24)14-4-2-1-3-5-14/h1-12,20H. The molecule has 26 heavy (non-hydrogen) atoms. The second kappa shape index (κ2) is 6.86. The molecule has 8 heteroatoms. The summed E-state index contributed by atoms with van der Waals surface area (Å²) < 4.78 is 51.8. The molecule has 0 unspecified atom stereocenters. The summed E-state index contributed by atoms with van der Waals surface area (Å²) in [7, 11) is -8.00. The van der Waals surface area contributed by atoms with Crippen molar-refractivity contribution in [1.82, 2.24) is 0 Å². The first-order chi connectivity index (χ1) is 12.2. The molecule has 0 aliphatic heterocycles. The lowest BCUT2D eigenvalue weighted by atomic mass is 10.3. The minimum atomic E-state index is -4.06. The lowest BCUT2D eigenvalue weighted by molar-refractivity contribution is 0.458. The van der Waals surface area contributed by atoms with Crippen LogP contribution in [0.5, 0.6) is 5.75 Å². The molecular weight excluding hydrogens is 440 g/mol. The first kappa shape index (κ1) is 18.6. The van der Waals surface area contributed by atoms with Crippen LogP contribution in [-0.2, 0) is 19.7 Å². The SMILES string of the molecule is O=S(=O)(c1ccc(Br)cc1)c1ccc(O)c(S(=O)(=O)c2ccccc2)c1. The molecule has 0 saturated heterocycles. The summed E-state index contributed by atoms with van der Waals surface area (Å²) in [5.41, 5.74) is 0. The Kier molecular flexibility index (Phi) is 4.92. The maximum Gasteiger partial charge on any atom is 0.210 e. The van der Waals surface area contributed by atoms with Crippen LogP contribution < -0.4 is 0 Å². The summed E-state index contributed by atoms with van der Waals surface area (Å²) in [4.78, 5) is -0.683. The Hall–Kier alpha value is -2.16. The van der Waals surface area contributed by atoms with E-state index in [0.29, 0.717) is 0 Å². The van der Waals surface area contributed by atoms with E-state index in [1.54, 1.807) is 30.3 Å². The van der Waals surface area contributed by atoms with Gasteiger partial charge >= 0.3 is 0 Å². The van der Waals surface area contributed by atoms with Gasteiger partial charge in [0.05, 0.1) is 14.7 Å². The highest BCUT2D eigenvalue weighted by Crippen LogP contribution is 2.32. The fourth-order valence-corrected chi connectivity index (χ4v) is 5.37. The second-order valence-corrected chi connectivity index (χ2v) is 10.2. The van der Waals surface area contributed by atoms with Crippen molar-refractivity contribution in [1.29, 1.82) is 0 Å². The maximum atomic E-state index is 12.8. The van der Waals surface area contributed by atoms with Crippen LogP contribution in [0.25, 0.3) is 0 Å². The van der Waals surface area contributed by atoms with E-state index in [-0.39, 0.29) is 14.7 Å². The Labute approximate surface area is 159 Å². The number of rotatable bonds is 4. The van der Waals surface area contributed by atoms with E-state index in [0.717, 1.165) is 16.6 Å². The first-order valence-corrected chi connectivity index (χ1v) is 11.1. The van der Waals surface area contributed by atoms with E-state index in [2.05, 4.69) is 15.9 Å². The molecule has 0 radical (unpaired) electrons. The van der Waals surface area contributed by atoms with Crippen LogP contribution in [0.4, 0.5) is 0 Å². The van der Waals surface area contributed by atoms with E-state index in [1.165, 1.54) is 30.3 Å². The van der Waals surface area contributed by atoms with Crippen molar-refractivity contribution < 1.29 is 21.9 Å². The molecular formula is C18H13BrO5S2. The number of benzene rings is 3. The molecule has 0 spiro atoms. The average molecular weight is 453 g/mol. The van der Waals surface area contributed by atoms with Gasteiger partial charge in [0.25, 0.3) is 0 Å². The molecule has 0 fully saturated rings. The molecule has 134 valence electrons. The summed E-state index contributed by atoms with van der Waals surface area (Å²) in [5, 5.41) is 10.0. The van der Waals surface area contributed by atoms with Gasteiger partial charge in [-0.3, -0.25) is 0 Å². The lowest BCUT2D eigenvalue weighted by Gasteiger charge is -2.10. The fraction of sp³-hybridized carbons (Fsp3) is 0. The molecule has 0 amide bonds. The molecule has 0 saturated carbocycles. The van der Waals surface area contributed by atoms with Gasteiger partial charge < -0.3 is 5.11 Å². The van der Waals surface area contributed by atoms with Crippen molar-refractivity contribution in [3.63, 3.8) is 0 Å². The minimum absolute atomic E-state index is 0.0226. The molecule has 5 nitrogen and oxygen atoms in total. The van der Waals surface area contributed by atoms with Gasteiger partial charge in [-0.15, -0.1) is 0 Å². The Bertz CT molecular complexity index is 1150. The monoisotopic (exact) mass is 452 g/mol. The number of sulfone groups is 2. The average Bonchev–Trinajstić information content (AvgIpc) is 2.63. The quantitative estimate of drug-likeness (QED) is 0.649. The molecule has 0 aliphatic carbocycles. The highest BCUT2D eigenvalue weighted by atomic mass is 79.9. The predicted octanol–water partition coefficient (Wildman–Crippen LogP) is 3.82. The van der Waals surface area contributed by atoms with E-state index in [1.807, 2.05) is 0 Å². The van der Waals surface area contributed by atoms with Crippen LogP contribution in [0.15, 0.2) is 96.9 Å². The molecule has 3 aromatic rings. The summed E-state index contributed by atoms with van der Waals surface area (Å²) in [6.45, 7) is 0. The molecule has 0 aliphatic rings. The van der Waals surface area contributed by atoms with E-state index in [4.69, 9.17) is 0 Å². The number of phenols is 1. The molecule has 0 heterocycles. The smallest absolute Gasteiger partial charge is 0.210 e. The van der Waals surface area contributed by atoms with Gasteiger partial charge in [0, 0.05) is 4.47 Å². The first-order valence-electron chi connectivity index (χ1n) is 7.37. The maximum absolute atomic E-state index is 12.8. The van der Waals surface area contributed by atoms with Gasteiger partial charge in [-0.25, -0.2) is 16.8 Å². The molecule has 3 aromatic carbocycles. The molecule has 3 rings (SSSR count). The highest BCUT2D eigenvalue weighted by Gasteiger charge is 2.25. The van der Waals surface area contributed by atoms with Gasteiger partial charge in [0.1, 0.15) is 10.6 Å². The largest absolute Gasteiger partial charge is 0.507 e. The zero-order valence-corrected chi connectivity index (χ0v) is 16.4. The second-order valence-electron chi connectivity index (χ2n) is 5.40. The number of hydrogen-bond donors (Lipinski definition) is 1. The van der Waals surface area contributed by atoms with Crippen LogP contribution >= 0.6 is 15.9 Å². The van der Waals surface area contributed by atoms with Crippen LogP contribution in [0.2, 0.25) is 0 Å². The highest BCUT2D eigenvalue weighted by molar-refractivity contribution is 9.10. The third-order valence-electron chi connectivity index (χ3n) is 3.71. The number of aromatic hydroxyl groups is 1. The van der Waals surface area contributed by atoms with Gasteiger partial charge in [-0.1, -0.05) is 34.1 Å². The third kappa shape index (κ3) is 3.40. The van der Waals surface area contributed by atoms with Crippen molar-refractivity contribution >= 4 is 35.6 Å². The topological polar surface area (TPSA) is 88.5 Å². The van der Waals surface area contributed by atoms with Gasteiger partial charge in [-0.2, -0.15) is 0 Å². The lowest BCUT2D eigenvalue weighted by Crippen LogP contribution is -2.06. The molecule has 1 N–H and O–H groups in total. The van der Waals surface area contributed by atoms with Crippen molar-refractivity contribution in [3.05, 3.63) is 77.3 Å². The normalized spacial score (nSPS) is 12.0. The Balaban J connectivity index is 2.16. The van der Waals surface area contributed by atoms with Crippen molar-refractivity contribution in [2.24, 2.45) is 0 Å². The molecule has 0 bridgehead atoms. The third-order valence-corrected chi connectivity index (χ3v) is 7.80. The van der Waals surface area contributed by atoms with Gasteiger partial charge in [-0.05, 0) is 54.6 Å². The van der Waals surface area contributed by atoms with E-state index in [9.17, 15) is 21.9 Å². The Morgan fingerprint density at radius 3 is 1.81 bits per heavy atom. The van der Waals surface area contributed by atoms with Crippen LogP contribution in [-0.4, -0.2) is 21.9 Å². The van der Waals surface area contributed by atoms with E-state index >= 15 is 0 Å². The molecule has 0 atom stereocenters. The van der Waals surface area contributed by atoms with Gasteiger partial charge in [0.2, 0.25) is 19.7 Å². The van der Waals surface area contributed by atoms with Crippen molar-refractivity contribution in [3.8, 4) is 5.75 Å². The van der Waals surface area contributed by atoms with Crippen LogP contribution in [0.3, 0.4) is 0 Å². The summed E-state index contributed by atoms with van der Waals surface area (Å²) in [6, 6.07) is 16.7. The van der Waals surface area contributed by atoms with Crippen LogP contribution in [0.1, 0.15) is 0 Å². The minimum Gasteiger partial charge on any atom is -0.507 e. The van der Waals surface area contributed by atoms with E-state index < -0.39 is 30.3 Å². The van der Waals surface area contributed by atoms with Gasteiger partial charge in [0.15, 0.2) is 0 Å². The summed E-state index contributed by atoms with van der Waals surface area (Å²) in [5.74, 6) is -0.511. The predicted molar refractivity (Wildman–Crippen MR) is 99.6 cm³/mol. The van der Waals surface area contributed by atoms with Crippen molar-refractivity contribution in [2.45, 2.75) is 19.6 Å². The Morgan fingerprint density at radius 2 is 1.19 bits per heavy atom. The number of phenolic OH excluding ortho intramolecular Hbond substituents is 1. The van der Waals surface area contributed by atoms with Crippen molar-refractivity contribution in [2.75, 3.05) is 0 Å². The fourth-order valence-electron chi connectivity index (χ4n) is 2.35. The zero-order valence-electron chi connectivity index (χ0n) is 13.2.